The maximum atomic E-state index is 12.4. The van der Waals surface area contributed by atoms with Gasteiger partial charge in [-0.05, 0) is 39.2 Å². The van der Waals surface area contributed by atoms with Crippen LogP contribution in [0.5, 0.6) is 0 Å². The summed E-state index contributed by atoms with van der Waals surface area (Å²) in [6.07, 6.45) is 1.11. The van der Waals surface area contributed by atoms with E-state index in [9.17, 15) is 14.7 Å². The lowest BCUT2D eigenvalue weighted by molar-refractivity contribution is 0.0469. The first-order chi connectivity index (χ1) is 8.91. The van der Waals surface area contributed by atoms with Crippen LogP contribution in [0.15, 0.2) is 0 Å². The van der Waals surface area contributed by atoms with Crippen molar-refractivity contribution in [2.75, 3.05) is 13.1 Å². The first-order valence-electron chi connectivity index (χ1n) is 6.59. The molecule has 5 nitrogen and oxygen atoms in total. The van der Waals surface area contributed by atoms with Gasteiger partial charge in [0.1, 0.15) is 5.69 Å². The average molecular weight is 264 g/mol. The number of carbonyl (C=O) groups is 2. The summed E-state index contributed by atoms with van der Waals surface area (Å²) in [5.74, 6) is -0.171. The number of β-amino-alcohol motifs (C(OH)–C–C–N with tert-alkyl or cyclic N) is 1. The molecule has 2 heterocycles. The van der Waals surface area contributed by atoms with Crippen LogP contribution in [0.25, 0.3) is 0 Å². The fourth-order valence-electron chi connectivity index (χ4n) is 2.79. The molecular formula is C14H20N2O3. The van der Waals surface area contributed by atoms with Crippen molar-refractivity contribution in [3.8, 4) is 0 Å². The molecule has 1 aliphatic heterocycles. The van der Waals surface area contributed by atoms with Gasteiger partial charge < -0.3 is 15.0 Å². The van der Waals surface area contributed by atoms with E-state index >= 15 is 0 Å². The summed E-state index contributed by atoms with van der Waals surface area (Å²) < 4.78 is 0. The number of ketones is 1. The number of aliphatic hydroxyl groups excluding tert-OH is 1. The molecule has 0 aliphatic carbocycles. The standard InChI is InChI=1S/C14H20N2O3/c1-8-12(10(3)17)9(2)15-13(8)14(19)16-6-4-5-11(18)7-16/h11,15,18H,4-7H2,1-3H3/t11-/m1/s1. The van der Waals surface area contributed by atoms with Crippen LogP contribution >= 0.6 is 0 Å². The van der Waals surface area contributed by atoms with E-state index in [4.69, 9.17) is 0 Å². The van der Waals surface area contributed by atoms with Gasteiger partial charge in [0, 0.05) is 24.3 Å². The summed E-state index contributed by atoms with van der Waals surface area (Å²) in [5.41, 5.74) is 2.50. The molecule has 1 aromatic heterocycles. The zero-order chi connectivity index (χ0) is 14.2. The molecule has 1 aliphatic rings. The lowest BCUT2D eigenvalue weighted by Crippen LogP contribution is -2.42. The van der Waals surface area contributed by atoms with Crippen LogP contribution in [-0.4, -0.2) is 45.9 Å². The number of amides is 1. The fraction of sp³-hybridized carbons (Fsp3) is 0.571. The number of H-pyrrole nitrogens is 1. The van der Waals surface area contributed by atoms with Gasteiger partial charge in [0.15, 0.2) is 5.78 Å². The minimum Gasteiger partial charge on any atom is -0.391 e. The number of aromatic amines is 1. The summed E-state index contributed by atoms with van der Waals surface area (Å²) in [6, 6.07) is 0. The number of nitrogens with zero attached hydrogens (tertiary/aromatic N) is 1. The second-order valence-electron chi connectivity index (χ2n) is 5.23. The molecule has 2 N–H and O–H groups in total. The number of aromatic nitrogens is 1. The largest absolute Gasteiger partial charge is 0.391 e. The van der Waals surface area contributed by atoms with Crippen LogP contribution in [0.1, 0.15) is 51.9 Å². The maximum Gasteiger partial charge on any atom is 0.270 e. The number of Topliss-reactive ketones (excluding diaryl/α,β-unsaturated/α-hetero) is 1. The number of aliphatic hydroxyl groups is 1. The van der Waals surface area contributed by atoms with Crippen molar-refractivity contribution >= 4 is 11.7 Å². The third-order valence-electron chi connectivity index (χ3n) is 3.69. The van der Waals surface area contributed by atoms with E-state index in [-0.39, 0.29) is 11.7 Å². The van der Waals surface area contributed by atoms with Crippen molar-refractivity contribution in [3.63, 3.8) is 0 Å². The molecule has 0 aromatic carbocycles. The smallest absolute Gasteiger partial charge is 0.270 e. The van der Waals surface area contributed by atoms with Crippen LogP contribution < -0.4 is 0 Å². The molecule has 0 bridgehead atoms. The quantitative estimate of drug-likeness (QED) is 0.794. The van der Waals surface area contributed by atoms with Crippen LogP contribution in [-0.2, 0) is 0 Å². The molecule has 1 saturated heterocycles. The molecule has 1 aromatic rings. The molecule has 0 radical (unpaired) electrons. The van der Waals surface area contributed by atoms with Crippen molar-refractivity contribution in [1.29, 1.82) is 0 Å². The van der Waals surface area contributed by atoms with Gasteiger partial charge in [-0.1, -0.05) is 0 Å². The Balaban J connectivity index is 2.29. The van der Waals surface area contributed by atoms with Crippen LogP contribution in [0.3, 0.4) is 0 Å². The number of hydrogen-bond acceptors (Lipinski definition) is 3. The van der Waals surface area contributed by atoms with Gasteiger partial charge in [-0.3, -0.25) is 9.59 Å². The van der Waals surface area contributed by atoms with Gasteiger partial charge in [-0.15, -0.1) is 0 Å². The van der Waals surface area contributed by atoms with Crippen molar-refractivity contribution in [3.05, 3.63) is 22.5 Å². The first kappa shape index (κ1) is 13.8. The minimum atomic E-state index is -0.443. The molecule has 2 rings (SSSR count). The second-order valence-corrected chi connectivity index (χ2v) is 5.23. The highest BCUT2D eigenvalue weighted by molar-refractivity contribution is 6.02. The van der Waals surface area contributed by atoms with E-state index in [1.807, 2.05) is 0 Å². The second kappa shape index (κ2) is 5.17. The molecule has 5 heteroatoms. The number of nitrogens with one attached hydrogen (secondary N) is 1. The highest BCUT2D eigenvalue weighted by Crippen LogP contribution is 2.21. The number of hydrogen-bond donors (Lipinski definition) is 2. The Kier molecular flexibility index (Phi) is 3.75. The monoisotopic (exact) mass is 264 g/mol. The maximum absolute atomic E-state index is 12.4. The number of rotatable bonds is 2. The number of carbonyl (C=O) groups excluding carboxylic acids is 2. The molecule has 0 unspecified atom stereocenters. The summed E-state index contributed by atoms with van der Waals surface area (Å²) in [6.45, 7) is 6.11. The molecule has 0 spiro atoms. The predicted molar refractivity (Wildman–Crippen MR) is 71.4 cm³/mol. The Labute approximate surface area is 112 Å². The van der Waals surface area contributed by atoms with E-state index in [0.717, 1.165) is 18.5 Å². The van der Waals surface area contributed by atoms with Crippen molar-refractivity contribution in [2.45, 2.75) is 39.7 Å². The zero-order valence-electron chi connectivity index (χ0n) is 11.6. The summed E-state index contributed by atoms with van der Waals surface area (Å²) in [7, 11) is 0. The molecule has 19 heavy (non-hydrogen) atoms. The van der Waals surface area contributed by atoms with Crippen molar-refractivity contribution in [1.82, 2.24) is 9.88 Å². The van der Waals surface area contributed by atoms with E-state index in [2.05, 4.69) is 4.98 Å². The Bertz CT molecular complexity index is 519. The van der Waals surface area contributed by atoms with Gasteiger partial charge >= 0.3 is 0 Å². The minimum absolute atomic E-state index is 0.0380. The highest BCUT2D eigenvalue weighted by atomic mass is 16.3. The zero-order valence-corrected chi connectivity index (χ0v) is 11.6. The van der Waals surface area contributed by atoms with E-state index in [1.54, 1.807) is 18.7 Å². The van der Waals surface area contributed by atoms with Gasteiger partial charge in [0.05, 0.1) is 6.10 Å². The Morgan fingerprint density at radius 3 is 2.58 bits per heavy atom. The molecule has 0 saturated carbocycles. The van der Waals surface area contributed by atoms with E-state index in [1.165, 1.54) is 6.92 Å². The SMILES string of the molecule is CC(=O)c1c(C)[nH]c(C(=O)N2CCC[C@@H](O)C2)c1C. The van der Waals surface area contributed by atoms with Crippen LogP contribution in [0.4, 0.5) is 0 Å². The third-order valence-corrected chi connectivity index (χ3v) is 3.69. The lowest BCUT2D eigenvalue weighted by Gasteiger charge is -2.30. The summed E-state index contributed by atoms with van der Waals surface area (Å²) in [4.78, 5) is 28.7. The van der Waals surface area contributed by atoms with Gasteiger partial charge in [-0.2, -0.15) is 0 Å². The molecule has 1 amide bonds. The molecule has 1 atom stereocenters. The van der Waals surface area contributed by atoms with Crippen LogP contribution in [0.2, 0.25) is 0 Å². The number of aryl methyl sites for hydroxylation is 1. The average Bonchev–Trinajstić information content (AvgIpc) is 2.63. The van der Waals surface area contributed by atoms with E-state index < -0.39 is 6.10 Å². The Hall–Kier alpha value is -1.62. The Morgan fingerprint density at radius 2 is 2.05 bits per heavy atom. The number of piperidine rings is 1. The van der Waals surface area contributed by atoms with E-state index in [0.29, 0.717) is 29.9 Å². The molecule has 104 valence electrons. The molecule has 1 fully saturated rings. The molecular weight excluding hydrogens is 244 g/mol. The van der Waals surface area contributed by atoms with Crippen molar-refractivity contribution in [2.24, 2.45) is 0 Å². The van der Waals surface area contributed by atoms with Crippen molar-refractivity contribution < 1.29 is 14.7 Å². The topological polar surface area (TPSA) is 73.4 Å². The normalized spacial score (nSPS) is 19.6. The predicted octanol–water partition coefficient (Wildman–Crippen LogP) is 1.43. The first-order valence-corrected chi connectivity index (χ1v) is 6.59. The van der Waals surface area contributed by atoms with Gasteiger partial charge in [0.2, 0.25) is 0 Å². The van der Waals surface area contributed by atoms with Crippen LogP contribution in [0, 0.1) is 13.8 Å². The Morgan fingerprint density at radius 1 is 1.37 bits per heavy atom. The third kappa shape index (κ3) is 2.56. The lowest BCUT2D eigenvalue weighted by atomic mass is 10.0. The van der Waals surface area contributed by atoms with Gasteiger partial charge in [0.25, 0.3) is 5.91 Å². The highest BCUT2D eigenvalue weighted by Gasteiger charge is 2.27. The summed E-state index contributed by atoms with van der Waals surface area (Å²) >= 11 is 0. The number of likely N-dealkylation sites (tertiary alicyclic amines) is 1. The summed E-state index contributed by atoms with van der Waals surface area (Å²) in [5, 5.41) is 9.63. The fourth-order valence-corrected chi connectivity index (χ4v) is 2.79. The van der Waals surface area contributed by atoms with Gasteiger partial charge in [-0.25, -0.2) is 0 Å².